The standard InChI is InChI=1S/C58H102N12O13/c1-18-58(17,66-36(12)72)53(81)63-38(23-24-43(59)73)46(74)64-44(34(8)9)51(79)65-45(35(10)11)52(80)68-57(15,16)55(83)70-26-20-22-42(70)50(78)62-39(28-32(4)5)47(75)61-40(29-33(6)7)48(76)67-56(13,14)54(82)69-25-19-21-41(69)49(77)60-37(30-71)27-31(2)3/h31-35,37-42,44-45,71H,18-30H2,1-17H3,(H2,59,73)(H,60,77)(H,61,75)(H,62,78)(H,63,81)(H,64,74)(H,65,79)(H,66,72)(H,67,76)(H,68,80)/t37-,38-,39-,40-,41-,42-,44-,45-,58?/m0/s1. The van der Waals surface area contributed by atoms with Crippen molar-refractivity contribution in [1.29, 1.82) is 0 Å². The van der Waals surface area contributed by atoms with Crippen LogP contribution in [0.25, 0.3) is 0 Å². The summed E-state index contributed by atoms with van der Waals surface area (Å²) in [7, 11) is 0. The first-order chi connectivity index (χ1) is 38.3. The molecule has 0 aromatic rings. The van der Waals surface area contributed by atoms with Crippen molar-refractivity contribution in [3.63, 3.8) is 0 Å². The number of nitrogens with zero attached hydrogens (tertiary/aromatic N) is 2. The van der Waals surface area contributed by atoms with Crippen molar-refractivity contribution >= 4 is 70.9 Å². The number of hydrogen-bond acceptors (Lipinski definition) is 13. The second-order valence-electron chi connectivity index (χ2n) is 25.8. The van der Waals surface area contributed by atoms with Crippen LogP contribution in [-0.4, -0.2) is 170 Å². The molecule has 25 nitrogen and oxygen atoms in total. The number of hydrogen-bond donors (Lipinski definition) is 11. The maximum Gasteiger partial charge on any atom is 0.248 e. The van der Waals surface area contributed by atoms with Gasteiger partial charge in [0.15, 0.2) is 0 Å². The van der Waals surface area contributed by atoms with Crippen LogP contribution in [0.5, 0.6) is 0 Å². The smallest absolute Gasteiger partial charge is 0.248 e. The van der Waals surface area contributed by atoms with E-state index in [1.807, 2.05) is 41.5 Å². The second kappa shape index (κ2) is 32.0. The lowest BCUT2D eigenvalue weighted by Crippen LogP contribution is -2.64. The van der Waals surface area contributed by atoms with Crippen LogP contribution in [0.3, 0.4) is 0 Å². The Kier molecular flexibility index (Phi) is 28.1. The van der Waals surface area contributed by atoms with Crippen molar-refractivity contribution in [3.8, 4) is 0 Å². The maximum atomic E-state index is 14.5. The van der Waals surface area contributed by atoms with Gasteiger partial charge in [0, 0.05) is 26.4 Å². The SMILES string of the molecule is CCC(C)(NC(C)=O)C(=O)N[C@@H](CCC(N)=O)C(=O)N[C@H](C(=O)N[C@H](C(=O)NC(C)(C)C(=O)N1CCC[C@H]1C(=O)N[C@@H](CC(C)C)C(=O)N[C@@H](CC(C)C)C(=O)NC(C)(C)C(=O)N1CCC[C@H]1C(=O)N[C@H](CO)CC(C)C)C(C)C)C(C)C. The maximum absolute atomic E-state index is 14.5. The molecule has 12 amide bonds. The Balaban J connectivity index is 2.28. The molecule has 12 N–H and O–H groups in total. The van der Waals surface area contributed by atoms with E-state index in [0.717, 1.165) is 0 Å². The van der Waals surface area contributed by atoms with Crippen LogP contribution in [0.15, 0.2) is 0 Å². The Morgan fingerprint density at radius 3 is 1.37 bits per heavy atom. The Labute approximate surface area is 491 Å². The lowest BCUT2D eigenvalue weighted by atomic mass is 9.95. The van der Waals surface area contributed by atoms with E-state index in [0.29, 0.717) is 25.7 Å². The van der Waals surface area contributed by atoms with E-state index in [-0.39, 0.29) is 81.9 Å². The first-order valence-electron chi connectivity index (χ1n) is 29.6. The Morgan fingerprint density at radius 1 is 0.530 bits per heavy atom. The predicted molar refractivity (Wildman–Crippen MR) is 312 cm³/mol. The molecule has 9 atom stereocenters. The molecule has 2 aliphatic rings. The molecule has 0 spiro atoms. The van der Waals surface area contributed by atoms with E-state index in [9.17, 15) is 62.6 Å². The third kappa shape index (κ3) is 21.9. The largest absolute Gasteiger partial charge is 0.394 e. The van der Waals surface area contributed by atoms with E-state index >= 15 is 0 Å². The average Bonchev–Trinajstić information content (AvgIpc) is 4.23. The summed E-state index contributed by atoms with van der Waals surface area (Å²) in [4.78, 5) is 167. The van der Waals surface area contributed by atoms with E-state index in [4.69, 9.17) is 5.73 Å². The molecular weight excluding hydrogens is 1070 g/mol. The Hall–Kier alpha value is -6.40. The molecule has 25 heteroatoms. The molecule has 0 bridgehead atoms. The van der Waals surface area contributed by atoms with Crippen molar-refractivity contribution in [2.24, 2.45) is 35.3 Å². The molecule has 2 fully saturated rings. The third-order valence-electron chi connectivity index (χ3n) is 15.0. The van der Waals surface area contributed by atoms with Gasteiger partial charge in [-0.05, 0) is 122 Å². The highest BCUT2D eigenvalue weighted by molar-refractivity contribution is 6.01. The third-order valence-corrected chi connectivity index (χ3v) is 15.0. The van der Waals surface area contributed by atoms with E-state index in [1.54, 1.807) is 34.6 Å². The number of likely N-dealkylation sites (tertiary alicyclic amines) is 2. The van der Waals surface area contributed by atoms with Gasteiger partial charge in [-0.15, -0.1) is 0 Å². The van der Waals surface area contributed by atoms with E-state index < -0.39 is 142 Å². The molecule has 2 rings (SSSR count). The lowest BCUT2D eigenvalue weighted by molar-refractivity contribution is -0.146. The highest BCUT2D eigenvalue weighted by Crippen LogP contribution is 2.25. The summed E-state index contributed by atoms with van der Waals surface area (Å²) in [5.41, 5.74) is 0.801. The number of carbonyl (C=O) groups is 12. The van der Waals surface area contributed by atoms with Crippen molar-refractivity contribution in [2.45, 2.75) is 247 Å². The summed E-state index contributed by atoms with van der Waals surface area (Å²) < 4.78 is 0. The molecule has 2 saturated heterocycles. The van der Waals surface area contributed by atoms with Crippen LogP contribution < -0.4 is 53.6 Å². The van der Waals surface area contributed by atoms with Gasteiger partial charge in [0.1, 0.15) is 58.9 Å². The molecule has 2 heterocycles. The zero-order chi connectivity index (χ0) is 63.6. The first kappa shape index (κ1) is 72.7. The number of aliphatic hydroxyl groups is 1. The minimum Gasteiger partial charge on any atom is -0.394 e. The predicted octanol–water partition coefficient (Wildman–Crippen LogP) is 0.680. The van der Waals surface area contributed by atoms with Crippen LogP contribution in [0, 0.1) is 29.6 Å². The minimum atomic E-state index is -1.65. The topological polar surface area (TPSA) is 366 Å². The van der Waals surface area contributed by atoms with Gasteiger partial charge in [-0.3, -0.25) is 57.5 Å². The van der Waals surface area contributed by atoms with Gasteiger partial charge in [0.25, 0.3) is 0 Å². The normalized spacial score (nSPS) is 18.5. The monoisotopic (exact) mass is 1170 g/mol. The van der Waals surface area contributed by atoms with Gasteiger partial charge >= 0.3 is 0 Å². The lowest BCUT2D eigenvalue weighted by Gasteiger charge is -2.36. The quantitative estimate of drug-likeness (QED) is 0.0442. The molecule has 1 unspecified atom stereocenters. The molecule has 0 aliphatic carbocycles. The highest BCUT2D eigenvalue weighted by Gasteiger charge is 2.46. The molecule has 2 aliphatic heterocycles. The van der Waals surface area contributed by atoms with Crippen molar-refractivity contribution in [2.75, 3.05) is 19.7 Å². The molecule has 0 radical (unpaired) electrons. The molecular formula is C58H102N12O13. The number of nitrogens with two attached hydrogens (primary N) is 1. The molecule has 472 valence electrons. The Morgan fingerprint density at radius 2 is 0.952 bits per heavy atom. The first-order valence-corrected chi connectivity index (χ1v) is 29.6. The summed E-state index contributed by atoms with van der Waals surface area (Å²) in [6, 6.07) is -8.52. The van der Waals surface area contributed by atoms with Crippen LogP contribution in [-0.2, 0) is 57.5 Å². The molecule has 83 heavy (non-hydrogen) atoms. The van der Waals surface area contributed by atoms with Crippen LogP contribution in [0.4, 0.5) is 0 Å². The number of rotatable bonds is 32. The minimum absolute atomic E-state index is 0.109. The van der Waals surface area contributed by atoms with Gasteiger partial charge in [-0.25, -0.2) is 0 Å². The van der Waals surface area contributed by atoms with E-state index in [1.165, 1.54) is 51.3 Å². The van der Waals surface area contributed by atoms with Crippen LogP contribution in [0.2, 0.25) is 0 Å². The number of carbonyl (C=O) groups excluding carboxylic acids is 12. The average molecular weight is 1180 g/mol. The second-order valence-corrected chi connectivity index (χ2v) is 25.8. The summed E-state index contributed by atoms with van der Waals surface area (Å²) in [5, 5.41) is 34.4. The highest BCUT2D eigenvalue weighted by atomic mass is 16.3. The molecule has 0 aromatic carbocycles. The summed E-state index contributed by atoms with van der Waals surface area (Å²) >= 11 is 0. The molecule has 0 saturated carbocycles. The summed E-state index contributed by atoms with van der Waals surface area (Å²) in [6.45, 7) is 28.5. The van der Waals surface area contributed by atoms with Crippen molar-refractivity contribution in [1.82, 2.24) is 57.7 Å². The van der Waals surface area contributed by atoms with Crippen molar-refractivity contribution in [3.05, 3.63) is 0 Å². The number of aliphatic hydroxyl groups excluding tert-OH is 1. The fraction of sp³-hybridized carbons (Fsp3) is 0.793. The molecule has 0 aromatic heterocycles. The fourth-order valence-electron chi connectivity index (χ4n) is 10.3. The van der Waals surface area contributed by atoms with Gasteiger partial charge < -0.3 is 68.5 Å². The summed E-state index contributed by atoms with van der Waals surface area (Å²) in [5.74, 6) is -8.89. The number of primary amides is 1. The zero-order valence-electron chi connectivity index (χ0n) is 52.5. The number of amides is 12. The van der Waals surface area contributed by atoms with Gasteiger partial charge in [0.2, 0.25) is 70.9 Å². The van der Waals surface area contributed by atoms with Crippen LogP contribution in [0.1, 0.15) is 182 Å². The van der Waals surface area contributed by atoms with Gasteiger partial charge in [-0.1, -0.05) is 76.2 Å². The zero-order valence-corrected chi connectivity index (χ0v) is 52.5. The van der Waals surface area contributed by atoms with Crippen LogP contribution >= 0.6 is 0 Å². The fourth-order valence-corrected chi connectivity index (χ4v) is 10.3. The summed E-state index contributed by atoms with van der Waals surface area (Å²) in [6.07, 6.45) is 2.11. The Bertz CT molecular complexity index is 2320. The van der Waals surface area contributed by atoms with E-state index in [2.05, 4.69) is 47.9 Å². The van der Waals surface area contributed by atoms with Gasteiger partial charge in [0.05, 0.1) is 12.6 Å². The van der Waals surface area contributed by atoms with Gasteiger partial charge in [-0.2, -0.15) is 0 Å². The van der Waals surface area contributed by atoms with Crippen molar-refractivity contribution < 1.29 is 62.6 Å². The number of nitrogens with one attached hydrogen (secondary N) is 9.